The first-order valence-electron chi connectivity index (χ1n) is 8.41. The number of carboxylic acids is 1. The number of morpholine rings is 1. The lowest BCUT2D eigenvalue weighted by molar-refractivity contribution is -0.384. The van der Waals surface area contributed by atoms with Gasteiger partial charge in [-0.3, -0.25) is 14.9 Å². The van der Waals surface area contributed by atoms with Gasteiger partial charge in [0.15, 0.2) is 0 Å². The summed E-state index contributed by atoms with van der Waals surface area (Å²) in [6, 6.07) is 12.9. The van der Waals surface area contributed by atoms with Crippen LogP contribution in [0.4, 0.5) is 5.69 Å². The average Bonchev–Trinajstić information content (AvgIpc) is 2.68. The van der Waals surface area contributed by atoms with Gasteiger partial charge in [-0.25, -0.2) is 4.79 Å². The lowest BCUT2D eigenvalue weighted by Gasteiger charge is -2.33. The number of nitro benzene ring substituents is 1. The highest BCUT2D eigenvalue weighted by Gasteiger charge is 2.27. The van der Waals surface area contributed by atoms with Crippen molar-refractivity contribution in [3.8, 4) is 0 Å². The molecule has 3 rings (SSSR count). The zero-order valence-electron chi connectivity index (χ0n) is 14.4. The molecule has 1 atom stereocenters. The summed E-state index contributed by atoms with van der Waals surface area (Å²) in [7, 11) is 0. The number of non-ortho nitro benzene ring substituents is 1. The van der Waals surface area contributed by atoms with Crippen molar-refractivity contribution >= 4 is 17.6 Å². The van der Waals surface area contributed by atoms with E-state index < -0.39 is 22.5 Å². The van der Waals surface area contributed by atoms with Crippen molar-refractivity contribution in [1.82, 2.24) is 4.90 Å². The third-order valence-corrected chi connectivity index (χ3v) is 4.35. The molecule has 2 aromatic rings. The molecule has 1 saturated heterocycles. The Morgan fingerprint density at radius 3 is 2.56 bits per heavy atom. The molecular weight excluding hydrogens is 352 g/mol. The molecule has 0 spiro atoms. The molecule has 8 nitrogen and oxygen atoms in total. The predicted molar refractivity (Wildman–Crippen MR) is 95.8 cm³/mol. The first-order chi connectivity index (χ1) is 12.9. The molecule has 27 heavy (non-hydrogen) atoms. The molecule has 0 bridgehead atoms. The van der Waals surface area contributed by atoms with Gasteiger partial charge in [0.25, 0.3) is 11.6 Å². The van der Waals surface area contributed by atoms with Gasteiger partial charge in [0, 0.05) is 37.2 Å². The van der Waals surface area contributed by atoms with Crippen LogP contribution in [0.1, 0.15) is 26.3 Å². The molecule has 0 aliphatic carbocycles. The van der Waals surface area contributed by atoms with Crippen molar-refractivity contribution in [3.05, 3.63) is 75.3 Å². The Hall–Kier alpha value is -3.26. The monoisotopic (exact) mass is 370 g/mol. The van der Waals surface area contributed by atoms with Crippen LogP contribution in [0, 0.1) is 10.1 Å². The molecule has 1 aliphatic heterocycles. The first-order valence-corrected chi connectivity index (χ1v) is 8.41. The molecule has 0 saturated carbocycles. The topological polar surface area (TPSA) is 110 Å². The molecule has 140 valence electrons. The smallest absolute Gasteiger partial charge is 0.335 e. The fraction of sp³-hybridized carbons (Fsp3) is 0.263. The van der Waals surface area contributed by atoms with E-state index in [1.165, 1.54) is 6.07 Å². The molecule has 1 unspecified atom stereocenters. The van der Waals surface area contributed by atoms with E-state index in [1.54, 1.807) is 4.90 Å². The maximum atomic E-state index is 12.8. The van der Waals surface area contributed by atoms with Gasteiger partial charge in [0.2, 0.25) is 0 Å². The van der Waals surface area contributed by atoms with Crippen LogP contribution < -0.4 is 0 Å². The summed E-state index contributed by atoms with van der Waals surface area (Å²) in [4.78, 5) is 35.9. The van der Waals surface area contributed by atoms with Crippen LogP contribution in [-0.2, 0) is 11.2 Å². The normalized spacial score (nSPS) is 16.7. The van der Waals surface area contributed by atoms with E-state index >= 15 is 0 Å². The number of amides is 1. The molecule has 1 fully saturated rings. The quantitative estimate of drug-likeness (QED) is 0.639. The number of carbonyl (C=O) groups excluding carboxylic acids is 1. The standard InChI is InChI=1S/C19H18N2O6/c22-18(14-9-15(19(23)24)11-16(10-14)21(25)26)20-6-7-27-17(12-20)8-13-4-2-1-3-5-13/h1-5,9-11,17H,6-8,12H2,(H,23,24). The summed E-state index contributed by atoms with van der Waals surface area (Å²) >= 11 is 0. The Morgan fingerprint density at radius 2 is 1.89 bits per heavy atom. The summed E-state index contributed by atoms with van der Waals surface area (Å²) in [5.41, 5.74) is 0.358. The molecule has 1 heterocycles. The van der Waals surface area contributed by atoms with Crippen LogP contribution in [0.25, 0.3) is 0 Å². The van der Waals surface area contributed by atoms with Crippen LogP contribution in [0.3, 0.4) is 0 Å². The highest BCUT2D eigenvalue weighted by atomic mass is 16.6. The summed E-state index contributed by atoms with van der Waals surface area (Å²) in [5.74, 6) is -1.76. The van der Waals surface area contributed by atoms with Crippen LogP contribution in [0.5, 0.6) is 0 Å². The van der Waals surface area contributed by atoms with Gasteiger partial charge in [-0.1, -0.05) is 30.3 Å². The van der Waals surface area contributed by atoms with Crippen LogP contribution in [0.2, 0.25) is 0 Å². The van der Waals surface area contributed by atoms with E-state index in [9.17, 15) is 19.7 Å². The number of hydrogen-bond donors (Lipinski definition) is 1. The number of rotatable bonds is 5. The van der Waals surface area contributed by atoms with Gasteiger partial charge in [-0.05, 0) is 11.6 Å². The zero-order chi connectivity index (χ0) is 19.4. The number of carboxylic acid groups (broad SMARTS) is 1. The van der Waals surface area contributed by atoms with Crippen molar-refractivity contribution in [2.24, 2.45) is 0 Å². The number of nitrogens with zero attached hydrogens (tertiary/aromatic N) is 2. The van der Waals surface area contributed by atoms with E-state index in [-0.39, 0.29) is 17.2 Å². The predicted octanol–water partition coefficient (Wildman–Crippen LogP) is 2.38. The third-order valence-electron chi connectivity index (χ3n) is 4.35. The third kappa shape index (κ3) is 4.48. The van der Waals surface area contributed by atoms with E-state index in [0.29, 0.717) is 26.1 Å². The van der Waals surface area contributed by atoms with Crippen molar-refractivity contribution < 1.29 is 24.4 Å². The fourth-order valence-electron chi connectivity index (χ4n) is 3.05. The minimum absolute atomic E-state index is 0.0121. The van der Waals surface area contributed by atoms with Gasteiger partial charge in [-0.15, -0.1) is 0 Å². The highest BCUT2D eigenvalue weighted by Crippen LogP contribution is 2.20. The van der Waals surface area contributed by atoms with E-state index in [4.69, 9.17) is 9.84 Å². The van der Waals surface area contributed by atoms with Crippen molar-refractivity contribution in [2.45, 2.75) is 12.5 Å². The van der Waals surface area contributed by atoms with Crippen LogP contribution in [0.15, 0.2) is 48.5 Å². The fourth-order valence-corrected chi connectivity index (χ4v) is 3.05. The molecular formula is C19H18N2O6. The molecule has 2 aromatic carbocycles. The van der Waals surface area contributed by atoms with E-state index in [0.717, 1.165) is 17.7 Å². The average molecular weight is 370 g/mol. The second-order valence-corrected chi connectivity index (χ2v) is 6.26. The van der Waals surface area contributed by atoms with Crippen molar-refractivity contribution in [1.29, 1.82) is 0 Å². The first kappa shape index (κ1) is 18.5. The maximum absolute atomic E-state index is 12.8. The lowest BCUT2D eigenvalue weighted by atomic mass is 10.0. The van der Waals surface area contributed by atoms with Crippen LogP contribution in [-0.4, -0.2) is 52.6 Å². The summed E-state index contributed by atoms with van der Waals surface area (Å²) < 4.78 is 5.73. The Balaban J connectivity index is 1.78. The molecule has 1 N–H and O–H groups in total. The summed E-state index contributed by atoms with van der Waals surface area (Å²) in [6.45, 7) is 1.03. The van der Waals surface area contributed by atoms with E-state index in [2.05, 4.69) is 0 Å². The Bertz CT molecular complexity index is 836. The second-order valence-electron chi connectivity index (χ2n) is 6.26. The van der Waals surface area contributed by atoms with Crippen molar-refractivity contribution in [2.75, 3.05) is 19.7 Å². The summed E-state index contributed by atoms with van der Waals surface area (Å²) in [5, 5.41) is 20.2. The van der Waals surface area contributed by atoms with Crippen LogP contribution >= 0.6 is 0 Å². The molecule has 1 amide bonds. The number of nitro groups is 1. The Kier molecular flexibility index (Phi) is 5.46. The number of benzene rings is 2. The van der Waals surface area contributed by atoms with Gasteiger partial charge >= 0.3 is 5.97 Å². The Morgan fingerprint density at radius 1 is 1.19 bits per heavy atom. The lowest BCUT2D eigenvalue weighted by Crippen LogP contribution is -2.46. The second kappa shape index (κ2) is 7.96. The molecule has 0 aromatic heterocycles. The molecule has 0 radical (unpaired) electrons. The van der Waals surface area contributed by atoms with Gasteiger partial charge in [-0.2, -0.15) is 0 Å². The minimum atomic E-state index is -1.32. The number of hydrogen-bond acceptors (Lipinski definition) is 5. The summed E-state index contributed by atoms with van der Waals surface area (Å²) in [6.07, 6.45) is 0.447. The molecule has 1 aliphatic rings. The maximum Gasteiger partial charge on any atom is 0.335 e. The number of carbonyl (C=O) groups is 2. The van der Waals surface area contributed by atoms with Gasteiger partial charge in [0.05, 0.1) is 23.2 Å². The van der Waals surface area contributed by atoms with Crippen molar-refractivity contribution in [3.63, 3.8) is 0 Å². The highest BCUT2D eigenvalue weighted by molar-refractivity contribution is 5.98. The SMILES string of the molecule is O=C(O)c1cc(C(=O)N2CCOC(Cc3ccccc3)C2)cc([N+](=O)[O-])c1. The minimum Gasteiger partial charge on any atom is -0.478 e. The number of aromatic carboxylic acids is 1. The largest absolute Gasteiger partial charge is 0.478 e. The molecule has 8 heteroatoms. The number of ether oxygens (including phenoxy) is 1. The Labute approximate surface area is 155 Å². The van der Waals surface area contributed by atoms with Gasteiger partial charge in [0.1, 0.15) is 0 Å². The zero-order valence-corrected chi connectivity index (χ0v) is 14.4. The van der Waals surface area contributed by atoms with Gasteiger partial charge < -0.3 is 14.7 Å². The van der Waals surface area contributed by atoms with E-state index in [1.807, 2.05) is 30.3 Å².